The number of nitrogens with two attached hydrogens (primary N) is 1. The van der Waals surface area contributed by atoms with Crippen molar-refractivity contribution in [1.82, 2.24) is 9.80 Å². The number of carboxylic acids is 1. The fourth-order valence-electron chi connectivity index (χ4n) is 2.36. The van der Waals surface area contributed by atoms with Crippen molar-refractivity contribution in [3.63, 3.8) is 0 Å². The first-order valence-electron chi connectivity index (χ1n) is 6.93. The lowest BCUT2D eigenvalue weighted by Gasteiger charge is -2.31. The van der Waals surface area contributed by atoms with Crippen LogP contribution in [0.1, 0.15) is 33.1 Å². The van der Waals surface area contributed by atoms with Gasteiger partial charge in [0, 0.05) is 32.1 Å². The van der Waals surface area contributed by atoms with Crippen LogP contribution in [0, 0.1) is 5.92 Å². The van der Waals surface area contributed by atoms with Crippen LogP contribution in [0.15, 0.2) is 0 Å². The van der Waals surface area contributed by atoms with Crippen LogP contribution in [0.4, 0.5) is 4.79 Å². The maximum absolute atomic E-state index is 12.4. The number of carbonyl (C=O) groups is 2. The summed E-state index contributed by atoms with van der Waals surface area (Å²) in [6.07, 6.45) is 1.55. The molecule has 1 fully saturated rings. The smallest absolute Gasteiger partial charge is 0.320 e. The summed E-state index contributed by atoms with van der Waals surface area (Å²) in [6, 6.07) is 0.0922. The number of carbonyl (C=O) groups excluding carboxylic acids is 1. The molecular weight excluding hydrogens is 246 g/mol. The van der Waals surface area contributed by atoms with Crippen molar-refractivity contribution in [3.8, 4) is 0 Å². The Morgan fingerprint density at radius 1 is 1.47 bits per heavy atom. The summed E-state index contributed by atoms with van der Waals surface area (Å²) in [7, 11) is 0. The van der Waals surface area contributed by atoms with Gasteiger partial charge in [0.2, 0.25) is 0 Å². The van der Waals surface area contributed by atoms with Crippen molar-refractivity contribution in [2.24, 2.45) is 11.7 Å². The Kier molecular flexibility index (Phi) is 6.08. The number of rotatable bonds is 6. The zero-order valence-corrected chi connectivity index (χ0v) is 11.8. The van der Waals surface area contributed by atoms with Gasteiger partial charge < -0.3 is 20.6 Å². The van der Waals surface area contributed by atoms with Crippen molar-refractivity contribution in [3.05, 3.63) is 0 Å². The normalized spacial score (nSPS) is 18.9. The Morgan fingerprint density at radius 3 is 2.63 bits per heavy atom. The van der Waals surface area contributed by atoms with Gasteiger partial charge in [-0.1, -0.05) is 0 Å². The van der Waals surface area contributed by atoms with E-state index < -0.39 is 5.97 Å². The standard InChI is InChI=1S/C13H25N3O3/c1-10(2)16(6-3-4-12(17)18)13(19)15-7-5-11(8-14)9-15/h10-11H,3-9,14H2,1-2H3,(H,17,18). The number of urea groups is 1. The van der Waals surface area contributed by atoms with Gasteiger partial charge in [0.05, 0.1) is 0 Å². The van der Waals surface area contributed by atoms with Crippen molar-refractivity contribution in [2.75, 3.05) is 26.2 Å². The van der Waals surface area contributed by atoms with E-state index in [0.717, 1.165) is 19.5 Å². The van der Waals surface area contributed by atoms with Crippen molar-refractivity contribution >= 4 is 12.0 Å². The number of hydrogen-bond donors (Lipinski definition) is 2. The van der Waals surface area contributed by atoms with Crippen molar-refractivity contribution in [1.29, 1.82) is 0 Å². The fraction of sp³-hybridized carbons (Fsp3) is 0.846. The predicted octanol–water partition coefficient (Wildman–Crippen LogP) is 0.962. The van der Waals surface area contributed by atoms with E-state index in [0.29, 0.717) is 25.4 Å². The summed E-state index contributed by atoms with van der Waals surface area (Å²) < 4.78 is 0. The summed E-state index contributed by atoms with van der Waals surface area (Å²) >= 11 is 0. The van der Waals surface area contributed by atoms with Gasteiger partial charge in [0.1, 0.15) is 0 Å². The molecule has 1 rings (SSSR count). The third kappa shape index (κ3) is 4.70. The van der Waals surface area contributed by atoms with E-state index in [2.05, 4.69) is 0 Å². The van der Waals surface area contributed by atoms with Gasteiger partial charge in [-0.15, -0.1) is 0 Å². The molecule has 0 bridgehead atoms. The highest BCUT2D eigenvalue weighted by molar-refractivity contribution is 5.75. The SMILES string of the molecule is CC(C)N(CCCC(=O)O)C(=O)N1CCC(CN)C1. The molecule has 0 saturated carbocycles. The number of carboxylic acid groups (broad SMARTS) is 1. The Morgan fingerprint density at radius 2 is 2.16 bits per heavy atom. The topological polar surface area (TPSA) is 86.9 Å². The Balaban J connectivity index is 2.51. The van der Waals surface area contributed by atoms with Crippen LogP contribution in [0.2, 0.25) is 0 Å². The quantitative estimate of drug-likeness (QED) is 0.753. The average Bonchev–Trinajstić information content (AvgIpc) is 2.81. The molecule has 6 heteroatoms. The highest BCUT2D eigenvalue weighted by Gasteiger charge is 2.29. The molecule has 0 aromatic carbocycles. The molecule has 19 heavy (non-hydrogen) atoms. The van der Waals surface area contributed by atoms with E-state index in [-0.39, 0.29) is 18.5 Å². The van der Waals surface area contributed by atoms with Gasteiger partial charge in [-0.2, -0.15) is 0 Å². The maximum Gasteiger partial charge on any atom is 0.320 e. The third-order valence-corrected chi connectivity index (χ3v) is 3.55. The third-order valence-electron chi connectivity index (χ3n) is 3.55. The first kappa shape index (κ1) is 15.8. The highest BCUT2D eigenvalue weighted by atomic mass is 16.4. The van der Waals surface area contributed by atoms with Gasteiger partial charge in [0.15, 0.2) is 0 Å². The zero-order chi connectivity index (χ0) is 14.4. The summed E-state index contributed by atoms with van der Waals surface area (Å²) in [4.78, 5) is 26.5. The molecular formula is C13H25N3O3. The molecule has 0 spiro atoms. The molecule has 0 radical (unpaired) electrons. The predicted molar refractivity (Wildman–Crippen MR) is 72.8 cm³/mol. The lowest BCUT2D eigenvalue weighted by Crippen LogP contribution is -2.46. The fourth-order valence-corrected chi connectivity index (χ4v) is 2.36. The number of amides is 2. The minimum atomic E-state index is -0.819. The van der Waals surface area contributed by atoms with Gasteiger partial charge >= 0.3 is 12.0 Å². The molecule has 1 atom stereocenters. The highest BCUT2D eigenvalue weighted by Crippen LogP contribution is 2.18. The molecule has 2 amide bonds. The lowest BCUT2D eigenvalue weighted by atomic mass is 10.1. The second-order valence-electron chi connectivity index (χ2n) is 5.40. The number of hydrogen-bond acceptors (Lipinski definition) is 3. The van der Waals surface area contributed by atoms with E-state index in [9.17, 15) is 9.59 Å². The summed E-state index contributed by atoms with van der Waals surface area (Å²) in [5.74, 6) is -0.419. The Hall–Kier alpha value is -1.30. The molecule has 1 aliphatic heterocycles. The minimum absolute atomic E-state index is 0.0105. The summed E-state index contributed by atoms with van der Waals surface area (Å²) in [5.41, 5.74) is 5.63. The second-order valence-corrected chi connectivity index (χ2v) is 5.40. The van der Waals surface area contributed by atoms with Gasteiger partial charge in [-0.05, 0) is 39.2 Å². The molecule has 1 saturated heterocycles. The van der Waals surface area contributed by atoms with Crippen LogP contribution >= 0.6 is 0 Å². The molecule has 6 nitrogen and oxygen atoms in total. The molecule has 0 aromatic rings. The zero-order valence-electron chi connectivity index (χ0n) is 11.8. The monoisotopic (exact) mass is 271 g/mol. The molecule has 0 aliphatic carbocycles. The molecule has 3 N–H and O–H groups in total. The van der Waals surface area contributed by atoms with E-state index in [4.69, 9.17) is 10.8 Å². The molecule has 110 valence electrons. The first-order chi connectivity index (χ1) is 8.95. The van der Waals surface area contributed by atoms with E-state index in [1.54, 1.807) is 4.90 Å². The number of nitrogens with zero attached hydrogens (tertiary/aromatic N) is 2. The Labute approximate surface area is 114 Å². The largest absolute Gasteiger partial charge is 0.481 e. The molecule has 1 unspecified atom stereocenters. The maximum atomic E-state index is 12.4. The van der Waals surface area contributed by atoms with E-state index in [1.165, 1.54) is 0 Å². The molecule has 1 heterocycles. The number of likely N-dealkylation sites (tertiary alicyclic amines) is 1. The van der Waals surface area contributed by atoms with Gasteiger partial charge in [-0.3, -0.25) is 4.79 Å². The van der Waals surface area contributed by atoms with Crippen LogP contribution in [0.25, 0.3) is 0 Å². The Bertz CT molecular complexity index is 320. The van der Waals surface area contributed by atoms with Crippen LogP contribution in [0.3, 0.4) is 0 Å². The summed E-state index contributed by atoms with van der Waals surface area (Å²) in [5, 5.41) is 8.65. The second kappa shape index (κ2) is 7.33. The van der Waals surface area contributed by atoms with Crippen LogP contribution in [-0.2, 0) is 4.79 Å². The lowest BCUT2D eigenvalue weighted by molar-refractivity contribution is -0.137. The first-order valence-corrected chi connectivity index (χ1v) is 6.93. The average molecular weight is 271 g/mol. The summed E-state index contributed by atoms with van der Waals surface area (Å²) in [6.45, 7) is 6.49. The van der Waals surface area contributed by atoms with Gasteiger partial charge in [0.25, 0.3) is 0 Å². The van der Waals surface area contributed by atoms with Crippen molar-refractivity contribution in [2.45, 2.75) is 39.2 Å². The van der Waals surface area contributed by atoms with Crippen LogP contribution in [-0.4, -0.2) is 59.1 Å². The van der Waals surface area contributed by atoms with Gasteiger partial charge in [-0.25, -0.2) is 4.79 Å². The molecule has 0 aromatic heterocycles. The van der Waals surface area contributed by atoms with E-state index >= 15 is 0 Å². The number of aliphatic carboxylic acids is 1. The van der Waals surface area contributed by atoms with E-state index in [1.807, 2.05) is 18.7 Å². The van der Waals surface area contributed by atoms with Crippen LogP contribution < -0.4 is 5.73 Å². The molecule has 1 aliphatic rings. The minimum Gasteiger partial charge on any atom is -0.481 e. The van der Waals surface area contributed by atoms with Crippen LogP contribution in [0.5, 0.6) is 0 Å². The van der Waals surface area contributed by atoms with Crippen molar-refractivity contribution < 1.29 is 14.7 Å².